The summed E-state index contributed by atoms with van der Waals surface area (Å²) in [6.07, 6.45) is 3.01. The number of amides is 1. The molecule has 6 aromatic rings. The van der Waals surface area contributed by atoms with E-state index < -0.39 is 11.5 Å². The molecule has 0 saturated carbocycles. The van der Waals surface area contributed by atoms with Crippen molar-refractivity contribution < 1.29 is 14.3 Å². The van der Waals surface area contributed by atoms with Crippen LogP contribution in [0, 0.1) is 0 Å². The molecule has 3 aromatic carbocycles. The molecule has 0 aliphatic rings. The largest absolute Gasteiger partial charge is 0.483 e. The highest BCUT2D eigenvalue weighted by Gasteiger charge is 2.19. The number of nitrogens with zero attached hydrogens (tertiary/aromatic N) is 4. The molecule has 1 N–H and O–H groups in total. The minimum atomic E-state index is -0.471. The Morgan fingerprint density at radius 3 is 2.58 bits per heavy atom. The SMILES string of the molecule is COCc1nn2c(ncc3c(=O)n(NC(=O)COc4cccc5ccccc45)ccc32)c1-c1ccccc1. The second-order valence-electron chi connectivity index (χ2n) is 8.71. The van der Waals surface area contributed by atoms with E-state index in [0.29, 0.717) is 34.6 Å². The number of methoxy groups -OCH3 is 1. The summed E-state index contributed by atoms with van der Waals surface area (Å²) in [6, 6.07) is 24.9. The number of rotatable bonds is 7. The van der Waals surface area contributed by atoms with Crippen molar-refractivity contribution in [2.75, 3.05) is 19.1 Å². The fraction of sp³-hybridized carbons (Fsp3) is 0.103. The van der Waals surface area contributed by atoms with Crippen LogP contribution in [-0.4, -0.2) is 38.9 Å². The summed E-state index contributed by atoms with van der Waals surface area (Å²) in [5.41, 5.74) is 5.85. The molecule has 0 aliphatic heterocycles. The summed E-state index contributed by atoms with van der Waals surface area (Å²) in [6.45, 7) is 0.0364. The van der Waals surface area contributed by atoms with E-state index in [-0.39, 0.29) is 6.61 Å². The molecule has 0 radical (unpaired) electrons. The van der Waals surface area contributed by atoms with Gasteiger partial charge in [-0.3, -0.25) is 15.0 Å². The number of hydrogen-bond acceptors (Lipinski definition) is 6. The first-order chi connectivity index (χ1) is 18.6. The van der Waals surface area contributed by atoms with Crippen molar-refractivity contribution in [3.05, 3.63) is 107 Å². The van der Waals surface area contributed by atoms with Crippen molar-refractivity contribution in [2.24, 2.45) is 0 Å². The van der Waals surface area contributed by atoms with Crippen molar-refractivity contribution in [1.29, 1.82) is 0 Å². The highest BCUT2D eigenvalue weighted by molar-refractivity contribution is 5.90. The zero-order valence-corrected chi connectivity index (χ0v) is 20.5. The quantitative estimate of drug-likeness (QED) is 0.350. The van der Waals surface area contributed by atoms with Crippen LogP contribution in [0.5, 0.6) is 5.75 Å². The Bertz CT molecular complexity index is 1860. The second-order valence-corrected chi connectivity index (χ2v) is 8.71. The molecule has 9 heteroatoms. The number of benzene rings is 3. The molecule has 0 spiro atoms. The molecule has 0 saturated heterocycles. The van der Waals surface area contributed by atoms with Crippen LogP contribution in [0.2, 0.25) is 0 Å². The van der Waals surface area contributed by atoms with E-state index >= 15 is 0 Å². The van der Waals surface area contributed by atoms with Crippen LogP contribution in [0.1, 0.15) is 5.69 Å². The summed E-state index contributed by atoms with van der Waals surface area (Å²) >= 11 is 0. The molecule has 9 nitrogen and oxygen atoms in total. The maximum Gasteiger partial charge on any atom is 0.280 e. The van der Waals surface area contributed by atoms with Crippen LogP contribution in [-0.2, 0) is 16.1 Å². The summed E-state index contributed by atoms with van der Waals surface area (Å²) in [5, 5.41) is 6.92. The van der Waals surface area contributed by atoms with Gasteiger partial charge in [0.05, 0.1) is 28.8 Å². The lowest BCUT2D eigenvalue weighted by atomic mass is 10.1. The summed E-state index contributed by atoms with van der Waals surface area (Å²) in [5.74, 6) is 0.122. The molecule has 38 heavy (non-hydrogen) atoms. The van der Waals surface area contributed by atoms with Crippen LogP contribution in [0.4, 0.5) is 0 Å². The van der Waals surface area contributed by atoms with E-state index in [2.05, 4.69) is 10.4 Å². The van der Waals surface area contributed by atoms with E-state index in [9.17, 15) is 9.59 Å². The molecule has 6 rings (SSSR count). The van der Waals surface area contributed by atoms with Gasteiger partial charge in [-0.05, 0) is 23.1 Å². The second kappa shape index (κ2) is 9.79. The Balaban J connectivity index is 1.30. The Hall–Kier alpha value is -5.02. The van der Waals surface area contributed by atoms with E-state index in [1.165, 1.54) is 12.4 Å². The number of nitrogens with one attached hydrogen (secondary N) is 1. The van der Waals surface area contributed by atoms with E-state index in [4.69, 9.17) is 14.6 Å². The van der Waals surface area contributed by atoms with Gasteiger partial charge in [0.15, 0.2) is 12.3 Å². The van der Waals surface area contributed by atoms with Crippen LogP contribution >= 0.6 is 0 Å². The molecule has 1 amide bonds. The van der Waals surface area contributed by atoms with Gasteiger partial charge >= 0.3 is 0 Å². The molecule has 0 bridgehead atoms. The van der Waals surface area contributed by atoms with Crippen LogP contribution < -0.4 is 15.7 Å². The van der Waals surface area contributed by atoms with Gasteiger partial charge in [0.2, 0.25) is 0 Å². The van der Waals surface area contributed by atoms with Crippen molar-refractivity contribution in [2.45, 2.75) is 6.61 Å². The Morgan fingerprint density at radius 2 is 1.74 bits per heavy atom. The monoisotopic (exact) mass is 505 g/mol. The maximum absolute atomic E-state index is 13.2. The average Bonchev–Trinajstić information content (AvgIpc) is 3.32. The van der Waals surface area contributed by atoms with Gasteiger partial charge < -0.3 is 9.47 Å². The maximum atomic E-state index is 13.2. The highest BCUT2D eigenvalue weighted by atomic mass is 16.5. The van der Waals surface area contributed by atoms with Crippen LogP contribution in [0.25, 0.3) is 38.4 Å². The molecular formula is C29H23N5O4. The topological polar surface area (TPSA) is 99.8 Å². The Labute approximate surface area is 216 Å². The third-order valence-electron chi connectivity index (χ3n) is 6.28. The van der Waals surface area contributed by atoms with Gasteiger partial charge in [-0.2, -0.15) is 5.10 Å². The lowest BCUT2D eigenvalue weighted by Crippen LogP contribution is -2.35. The number of fused-ring (bicyclic) bond motifs is 4. The van der Waals surface area contributed by atoms with Gasteiger partial charge in [0, 0.05) is 24.9 Å². The summed E-state index contributed by atoms with van der Waals surface area (Å²) < 4.78 is 13.9. The van der Waals surface area contributed by atoms with Gasteiger partial charge in [-0.1, -0.05) is 66.7 Å². The zero-order valence-electron chi connectivity index (χ0n) is 20.5. The fourth-order valence-electron chi connectivity index (χ4n) is 4.57. The number of aromatic nitrogens is 4. The molecule has 3 heterocycles. The Kier molecular flexibility index (Phi) is 6.03. The van der Waals surface area contributed by atoms with E-state index in [1.807, 2.05) is 66.7 Å². The first-order valence-corrected chi connectivity index (χ1v) is 12.0. The zero-order chi connectivity index (χ0) is 26.1. The van der Waals surface area contributed by atoms with Gasteiger partial charge in [-0.25, -0.2) is 14.2 Å². The van der Waals surface area contributed by atoms with Crippen molar-refractivity contribution >= 4 is 33.2 Å². The molecular weight excluding hydrogens is 482 g/mol. The molecule has 0 aliphatic carbocycles. The number of carbonyl (C=O) groups is 1. The first-order valence-electron chi connectivity index (χ1n) is 12.0. The number of hydrogen-bond donors (Lipinski definition) is 1. The first kappa shape index (κ1) is 23.4. The van der Waals surface area contributed by atoms with Crippen molar-refractivity contribution in [1.82, 2.24) is 19.3 Å². The molecule has 0 unspecified atom stereocenters. The predicted octanol–water partition coefficient (Wildman–Crippen LogP) is 4.16. The number of ether oxygens (including phenoxy) is 2. The van der Waals surface area contributed by atoms with E-state index in [0.717, 1.165) is 26.6 Å². The van der Waals surface area contributed by atoms with Crippen LogP contribution in [0.3, 0.4) is 0 Å². The van der Waals surface area contributed by atoms with E-state index in [1.54, 1.807) is 23.8 Å². The van der Waals surface area contributed by atoms with Gasteiger partial charge in [0.1, 0.15) is 5.75 Å². The number of carbonyl (C=O) groups excluding carboxylic acids is 1. The smallest absolute Gasteiger partial charge is 0.280 e. The lowest BCUT2D eigenvalue weighted by molar-refractivity contribution is -0.119. The minimum absolute atomic E-state index is 0.254. The third-order valence-corrected chi connectivity index (χ3v) is 6.28. The van der Waals surface area contributed by atoms with Crippen molar-refractivity contribution in [3.63, 3.8) is 0 Å². The van der Waals surface area contributed by atoms with Gasteiger partial charge in [0.25, 0.3) is 11.5 Å². The fourth-order valence-corrected chi connectivity index (χ4v) is 4.57. The molecule has 0 fully saturated rings. The molecule has 188 valence electrons. The highest BCUT2D eigenvalue weighted by Crippen LogP contribution is 2.29. The minimum Gasteiger partial charge on any atom is -0.483 e. The van der Waals surface area contributed by atoms with Crippen molar-refractivity contribution in [3.8, 4) is 16.9 Å². The van der Waals surface area contributed by atoms with Crippen LogP contribution in [0.15, 0.2) is 96.1 Å². The standard InChI is InChI=1S/C29H23N5O4/c1-37-17-23-27(20-9-3-2-4-10-20)28-30-16-22-24(34(28)31-23)14-15-33(29(22)36)32-26(35)18-38-25-13-7-11-19-8-5-6-12-21(19)25/h2-16H,17-18H2,1H3,(H,32,35). The molecule has 3 aromatic heterocycles. The average molecular weight is 506 g/mol. The summed E-state index contributed by atoms with van der Waals surface area (Å²) in [7, 11) is 1.61. The predicted molar refractivity (Wildman–Crippen MR) is 145 cm³/mol. The molecule has 0 atom stereocenters. The lowest BCUT2D eigenvalue weighted by Gasteiger charge is -2.12. The third kappa shape index (κ3) is 4.14. The number of pyridine rings is 1. The van der Waals surface area contributed by atoms with Gasteiger partial charge in [-0.15, -0.1) is 0 Å². The normalized spacial score (nSPS) is 11.3. The summed E-state index contributed by atoms with van der Waals surface area (Å²) in [4.78, 5) is 30.5. The Morgan fingerprint density at radius 1 is 0.947 bits per heavy atom.